The van der Waals surface area contributed by atoms with Crippen molar-refractivity contribution in [1.29, 1.82) is 0 Å². The van der Waals surface area contributed by atoms with Gasteiger partial charge in [0.05, 0.1) is 14.4 Å². The second-order valence-corrected chi connectivity index (χ2v) is 9.13. The van der Waals surface area contributed by atoms with Crippen LogP contribution in [0.1, 0.15) is 16.8 Å². The van der Waals surface area contributed by atoms with Gasteiger partial charge in [0.2, 0.25) is 0 Å². The second-order valence-electron chi connectivity index (χ2n) is 7.28. The van der Waals surface area contributed by atoms with Crippen LogP contribution in [-0.4, -0.2) is 19.7 Å². The third-order valence-electron chi connectivity index (χ3n) is 5.39. The summed E-state index contributed by atoms with van der Waals surface area (Å²) < 4.78 is 1.12. The standard InChI is InChI=1S/C25H14N2S3/c28-22-18-10-15-8-4-5-9-16(15)11-19(18)23(29)20(22)12-17-13-21-24(26-17)27-25(30-21)14-6-2-1-3-7-14/h1-13,26H. The number of H-pyrrole nitrogens is 1. The molecule has 0 amide bonds. The highest BCUT2D eigenvalue weighted by Crippen LogP contribution is 2.35. The Labute approximate surface area is 187 Å². The largest absolute Gasteiger partial charge is 0.339 e. The molecule has 6 rings (SSSR count). The lowest BCUT2D eigenvalue weighted by atomic mass is 10.0. The molecule has 0 spiro atoms. The number of thiocarbonyl (C=S) groups is 2. The summed E-state index contributed by atoms with van der Waals surface area (Å²) in [6.45, 7) is 0. The van der Waals surface area contributed by atoms with Crippen LogP contribution in [0.3, 0.4) is 0 Å². The molecule has 2 nitrogen and oxygen atoms in total. The Balaban J connectivity index is 1.39. The Morgan fingerprint density at radius 3 is 2.07 bits per heavy atom. The topological polar surface area (TPSA) is 28.7 Å². The number of benzene rings is 3. The molecule has 0 atom stereocenters. The summed E-state index contributed by atoms with van der Waals surface area (Å²) in [4.78, 5) is 9.81. The number of aromatic amines is 1. The monoisotopic (exact) mass is 438 g/mol. The fraction of sp³-hybridized carbons (Fsp3) is 0. The first-order valence-electron chi connectivity index (χ1n) is 9.56. The Hall–Kier alpha value is -2.99. The molecule has 1 aliphatic rings. The van der Waals surface area contributed by atoms with E-state index in [9.17, 15) is 0 Å². The van der Waals surface area contributed by atoms with Gasteiger partial charge in [-0.15, -0.1) is 11.3 Å². The summed E-state index contributed by atoms with van der Waals surface area (Å²) in [5.41, 5.74) is 6.04. The molecule has 0 saturated heterocycles. The lowest BCUT2D eigenvalue weighted by Gasteiger charge is -2.02. The minimum Gasteiger partial charge on any atom is -0.339 e. The van der Waals surface area contributed by atoms with Crippen LogP contribution in [0.15, 0.2) is 78.4 Å². The van der Waals surface area contributed by atoms with Crippen molar-refractivity contribution in [3.05, 3.63) is 95.2 Å². The molecule has 2 heterocycles. The van der Waals surface area contributed by atoms with Gasteiger partial charge >= 0.3 is 0 Å². The van der Waals surface area contributed by atoms with Crippen LogP contribution in [-0.2, 0) is 0 Å². The molecule has 3 aromatic carbocycles. The lowest BCUT2D eigenvalue weighted by molar-refractivity contribution is 1.34. The SMILES string of the molecule is S=C1C(=Cc2cc3sc(-c4ccccc4)nc3[nH]2)C(=S)c2cc3ccccc3cc21. The maximum atomic E-state index is 5.80. The molecule has 0 radical (unpaired) electrons. The molecule has 0 unspecified atom stereocenters. The number of aromatic nitrogens is 2. The molecule has 0 bridgehead atoms. The van der Waals surface area contributed by atoms with Crippen molar-refractivity contribution >= 4 is 72.7 Å². The third kappa shape index (κ3) is 2.78. The number of nitrogens with one attached hydrogen (secondary N) is 1. The van der Waals surface area contributed by atoms with E-state index in [1.54, 1.807) is 11.3 Å². The van der Waals surface area contributed by atoms with E-state index in [1.807, 2.05) is 30.3 Å². The molecule has 0 aliphatic heterocycles. The quantitative estimate of drug-likeness (QED) is 0.238. The zero-order valence-corrected chi connectivity index (χ0v) is 18.1. The number of rotatable bonds is 2. The van der Waals surface area contributed by atoms with Crippen molar-refractivity contribution in [2.75, 3.05) is 0 Å². The fourth-order valence-corrected chi connectivity index (χ4v) is 5.61. The number of allylic oxidation sites excluding steroid dienone is 1. The number of hydrogen-bond donors (Lipinski definition) is 1. The Morgan fingerprint density at radius 1 is 0.800 bits per heavy atom. The van der Waals surface area contributed by atoms with Crippen LogP contribution in [0, 0.1) is 0 Å². The van der Waals surface area contributed by atoms with Crippen LogP contribution in [0.5, 0.6) is 0 Å². The number of thiazole rings is 1. The van der Waals surface area contributed by atoms with Crippen molar-refractivity contribution in [3.63, 3.8) is 0 Å². The summed E-state index contributed by atoms with van der Waals surface area (Å²) >= 11 is 13.3. The first kappa shape index (κ1) is 17.8. The molecule has 0 fully saturated rings. The molecule has 1 N–H and O–H groups in total. The first-order valence-corrected chi connectivity index (χ1v) is 11.2. The Morgan fingerprint density at radius 2 is 1.43 bits per heavy atom. The normalized spacial score (nSPS) is 13.4. The van der Waals surface area contributed by atoms with E-state index in [-0.39, 0.29) is 0 Å². The van der Waals surface area contributed by atoms with Crippen molar-refractivity contribution in [2.24, 2.45) is 0 Å². The smallest absolute Gasteiger partial charge is 0.149 e. The summed E-state index contributed by atoms with van der Waals surface area (Å²) in [5.74, 6) is 0. The van der Waals surface area contributed by atoms with Crippen molar-refractivity contribution in [1.82, 2.24) is 9.97 Å². The van der Waals surface area contributed by atoms with E-state index in [0.29, 0.717) is 0 Å². The van der Waals surface area contributed by atoms with Crippen LogP contribution < -0.4 is 0 Å². The highest BCUT2D eigenvalue weighted by Gasteiger charge is 2.27. The van der Waals surface area contributed by atoms with E-state index in [0.717, 1.165) is 53.0 Å². The van der Waals surface area contributed by atoms with Gasteiger partial charge in [0, 0.05) is 28.0 Å². The van der Waals surface area contributed by atoms with Gasteiger partial charge in [0.1, 0.15) is 10.7 Å². The predicted molar refractivity (Wildman–Crippen MR) is 135 cm³/mol. The van der Waals surface area contributed by atoms with E-state index in [4.69, 9.17) is 29.4 Å². The van der Waals surface area contributed by atoms with Gasteiger partial charge in [-0.05, 0) is 35.0 Å². The lowest BCUT2D eigenvalue weighted by Crippen LogP contribution is -1.98. The molecule has 0 saturated carbocycles. The molecule has 142 valence electrons. The minimum atomic E-state index is 0.816. The highest BCUT2D eigenvalue weighted by molar-refractivity contribution is 7.84. The van der Waals surface area contributed by atoms with Gasteiger partial charge in [-0.25, -0.2) is 4.98 Å². The van der Waals surface area contributed by atoms with Crippen molar-refractivity contribution in [2.45, 2.75) is 0 Å². The Bertz CT molecular complexity index is 1430. The zero-order chi connectivity index (χ0) is 20.2. The molecule has 1 aliphatic carbocycles. The van der Waals surface area contributed by atoms with E-state index >= 15 is 0 Å². The van der Waals surface area contributed by atoms with Crippen LogP contribution in [0.4, 0.5) is 0 Å². The molecule has 5 aromatic rings. The second kappa shape index (κ2) is 6.77. The average molecular weight is 439 g/mol. The van der Waals surface area contributed by atoms with Crippen molar-refractivity contribution in [3.8, 4) is 10.6 Å². The summed E-state index contributed by atoms with van der Waals surface area (Å²) in [6, 6.07) is 25.0. The van der Waals surface area contributed by atoms with E-state index < -0.39 is 0 Å². The van der Waals surface area contributed by atoms with Gasteiger partial charge in [0.25, 0.3) is 0 Å². The minimum absolute atomic E-state index is 0.816. The maximum Gasteiger partial charge on any atom is 0.149 e. The number of nitrogens with zero attached hydrogens (tertiary/aromatic N) is 1. The zero-order valence-electron chi connectivity index (χ0n) is 15.7. The summed E-state index contributed by atoms with van der Waals surface area (Å²) in [7, 11) is 0. The van der Waals surface area contributed by atoms with Crippen LogP contribution >= 0.6 is 35.8 Å². The van der Waals surface area contributed by atoms with Gasteiger partial charge in [-0.3, -0.25) is 0 Å². The molecular formula is C25H14N2S3. The predicted octanol–water partition coefficient (Wildman–Crippen LogP) is 6.98. The highest BCUT2D eigenvalue weighted by atomic mass is 32.1. The maximum absolute atomic E-state index is 5.80. The van der Waals surface area contributed by atoms with E-state index in [1.165, 1.54) is 10.8 Å². The van der Waals surface area contributed by atoms with Gasteiger partial charge < -0.3 is 4.98 Å². The van der Waals surface area contributed by atoms with Gasteiger partial charge in [-0.1, -0.05) is 79.0 Å². The average Bonchev–Trinajstić information content (AvgIpc) is 3.41. The molecule has 5 heteroatoms. The number of fused-ring (bicyclic) bond motifs is 3. The van der Waals surface area contributed by atoms with Crippen molar-refractivity contribution < 1.29 is 0 Å². The van der Waals surface area contributed by atoms with E-state index in [2.05, 4.69) is 53.5 Å². The molecule has 30 heavy (non-hydrogen) atoms. The van der Waals surface area contributed by atoms with Crippen LogP contribution in [0.2, 0.25) is 0 Å². The van der Waals surface area contributed by atoms with Gasteiger partial charge in [0.15, 0.2) is 0 Å². The summed E-state index contributed by atoms with van der Waals surface area (Å²) in [6.07, 6.45) is 2.06. The number of hydrogen-bond acceptors (Lipinski definition) is 4. The first-order chi connectivity index (χ1) is 14.7. The van der Waals surface area contributed by atoms with Gasteiger partial charge in [-0.2, -0.15) is 0 Å². The Kier molecular flexibility index (Phi) is 4.03. The summed E-state index contributed by atoms with van der Waals surface area (Å²) in [5, 5.41) is 3.38. The fourth-order valence-electron chi connectivity index (χ4n) is 3.91. The molecular weight excluding hydrogens is 424 g/mol. The third-order valence-corrected chi connectivity index (χ3v) is 7.32. The molecule has 2 aromatic heterocycles. The van der Waals surface area contributed by atoms with Crippen LogP contribution in [0.25, 0.3) is 37.8 Å².